The monoisotopic (exact) mass is 347 g/mol. The molecule has 0 saturated carbocycles. The number of nitrogens with zero attached hydrogens (tertiary/aromatic N) is 3. The Bertz CT molecular complexity index is 966. The Kier molecular flexibility index (Phi) is 3.11. The van der Waals surface area contributed by atoms with Crippen LogP contribution in [0.15, 0.2) is 41.4 Å². The van der Waals surface area contributed by atoms with E-state index in [2.05, 4.69) is 15.3 Å². The van der Waals surface area contributed by atoms with E-state index in [1.807, 2.05) is 28.8 Å². The zero-order valence-electron chi connectivity index (χ0n) is 11.7. The first-order valence-corrected chi connectivity index (χ1v) is 7.55. The molecule has 1 aliphatic rings. The third kappa shape index (κ3) is 2.18. The number of halogens is 2. The van der Waals surface area contributed by atoms with E-state index in [0.717, 1.165) is 11.0 Å². The number of anilines is 1. The van der Waals surface area contributed by atoms with Gasteiger partial charge in [0.1, 0.15) is 5.75 Å². The quantitative estimate of drug-likeness (QED) is 0.629. The van der Waals surface area contributed by atoms with Crippen LogP contribution in [0.1, 0.15) is 11.7 Å². The molecule has 0 unspecified atom stereocenters. The summed E-state index contributed by atoms with van der Waals surface area (Å²) in [5.41, 5.74) is 7.96. The number of guanidine groups is 1. The lowest BCUT2D eigenvalue weighted by atomic mass is 10.1. The van der Waals surface area contributed by atoms with Gasteiger partial charge in [-0.2, -0.15) is 0 Å². The zero-order chi connectivity index (χ0) is 16.1. The molecule has 0 saturated heterocycles. The highest BCUT2D eigenvalue weighted by molar-refractivity contribution is 6.35. The lowest BCUT2D eigenvalue weighted by Gasteiger charge is -2.24. The first kappa shape index (κ1) is 14.2. The first-order valence-electron chi connectivity index (χ1n) is 6.80. The molecule has 1 aliphatic heterocycles. The van der Waals surface area contributed by atoms with Gasteiger partial charge >= 0.3 is 0 Å². The molecule has 0 radical (unpaired) electrons. The molecule has 6 nitrogen and oxygen atoms in total. The summed E-state index contributed by atoms with van der Waals surface area (Å²) in [5.74, 6) is 0.663. The third-order valence-electron chi connectivity index (χ3n) is 3.68. The summed E-state index contributed by atoms with van der Waals surface area (Å²) < 4.78 is 1.84. The molecule has 8 heteroatoms. The molecule has 2 heterocycles. The van der Waals surface area contributed by atoms with Crippen molar-refractivity contribution in [3.8, 4) is 5.75 Å². The van der Waals surface area contributed by atoms with Crippen molar-refractivity contribution in [2.75, 3.05) is 5.32 Å². The number of fused-ring (bicyclic) bond motifs is 3. The number of phenols is 1. The fourth-order valence-electron chi connectivity index (χ4n) is 2.71. The van der Waals surface area contributed by atoms with Crippen molar-refractivity contribution in [1.82, 2.24) is 9.55 Å². The Labute approximate surface area is 141 Å². The van der Waals surface area contributed by atoms with E-state index in [1.165, 1.54) is 6.07 Å². The SMILES string of the molecule is NC1=N[C@H](c2cc(Cl)cc(Cl)c2O)n2c(nc3ccccc32)N1. The minimum Gasteiger partial charge on any atom is -0.506 e. The van der Waals surface area contributed by atoms with Crippen LogP contribution in [0.25, 0.3) is 11.0 Å². The van der Waals surface area contributed by atoms with Gasteiger partial charge in [-0.1, -0.05) is 35.3 Å². The summed E-state index contributed by atoms with van der Waals surface area (Å²) >= 11 is 12.1. The van der Waals surface area contributed by atoms with Crippen molar-refractivity contribution in [3.63, 3.8) is 0 Å². The van der Waals surface area contributed by atoms with Crippen LogP contribution < -0.4 is 11.1 Å². The standard InChI is InChI=1S/C15H11Cl2N5O/c16-7-5-8(12(23)9(17)6-7)13-20-14(18)21-15-19-10-3-1-2-4-11(10)22(13)15/h1-6,13,23H,(H3,18,19,20,21)/t13-/m0/s1. The minimum atomic E-state index is -0.616. The second-order valence-corrected chi connectivity index (χ2v) is 5.98. The van der Waals surface area contributed by atoms with E-state index in [1.54, 1.807) is 6.07 Å². The van der Waals surface area contributed by atoms with Crippen LogP contribution in [0, 0.1) is 0 Å². The number of rotatable bonds is 1. The van der Waals surface area contributed by atoms with Gasteiger partial charge in [-0.05, 0) is 24.3 Å². The van der Waals surface area contributed by atoms with E-state index in [4.69, 9.17) is 28.9 Å². The average molecular weight is 348 g/mol. The molecule has 4 rings (SSSR count). The Balaban J connectivity index is 2.01. The van der Waals surface area contributed by atoms with Crippen molar-refractivity contribution in [2.24, 2.45) is 10.7 Å². The summed E-state index contributed by atoms with van der Waals surface area (Å²) in [6, 6.07) is 10.7. The number of phenolic OH excluding ortho intramolecular Hbond substituents is 1. The predicted molar refractivity (Wildman–Crippen MR) is 91.2 cm³/mol. The molecule has 0 bridgehead atoms. The number of nitrogens with two attached hydrogens (primary N) is 1. The molecule has 23 heavy (non-hydrogen) atoms. The largest absolute Gasteiger partial charge is 0.506 e. The molecule has 1 atom stereocenters. The van der Waals surface area contributed by atoms with E-state index in [0.29, 0.717) is 16.5 Å². The molecular weight excluding hydrogens is 337 g/mol. The fraction of sp³-hybridized carbons (Fsp3) is 0.0667. The van der Waals surface area contributed by atoms with E-state index < -0.39 is 6.17 Å². The smallest absolute Gasteiger partial charge is 0.212 e. The number of imidazole rings is 1. The van der Waals surface area contributed by atoms with Crippen LogP contribution in [-0.2, 0) is 0 Å². The molecule has 0 amide bonds. The van der Waals surface area contributed by atoms with Crippen molar-refractivity contribution < 1.29 is 5.11 Å². The number of aromatic hydroxyl groups is 1. The van der Waals surface area contributed by atoms with Crippen molar-refractivity contribution in [3.05, 3.63) is 52.0 Å². The fourth-order valence-corrected chi connectivity index (χ4v) is 3.22. The highest BCUT2D eigenvalue weighted by Gasteiger charge is 2.28. The molecule has 1 aromatic heterocycles. The number of para-hydroxylation sites is 2. The second-order valence-electron chi connectivity index (χ2n) is 5.13. The number of benzene rings is 2. The van der Waals surface area contributed by atoms with Gasteiger partial charge in [-0.3, -0.25) is 9.88 Å². The maximum Gasteiger partial charge on any atom is 0.212 e. The lowest BCUT2D eigenvalue weighted by molar-refractivity contribution is 0.456. The number of hydrogen-bond donors (Lipinski definition) is 3. The van der Waals surface area contributed by atoms with Crippen LogP contribution in [0.2, 0.25) is 10.0 Å². The molecular formula is C15H11Cl2N5O. The van der Waals surface area contributed by atoms with E-state index in [-0.39, 0.29) is 16.7 Å². The number of aliphatic imine (C=N–C) groups is 1. The Morgan fingerprint density at radius 1 is 1.22 bits per heavy atom. The van der Waals surface area contributed by atoms with Gasteiger partial charge < -0.3 is 10.8 Å². The topological polar surface area (TPSA) is 88.5 Å². The van der Waals surface area contributed by atoms with Gasteiger partial charge in [-0.25, -0.2) is 9.98 Å². The Morgan fingerprint density at radius 3 is 2.83 bits per heavy atom. The van der Waals surface area contributed by atoms with Crippen LogP contribution in [0.5, 0.6) is 5.75 Å². The molecule has 0 fully saturated rings. The predicted octanol–water partition coefficient (Wildman–Crippen LogP) is 3.34. The number of hydrogen-bond acceptors (Lipinski definition) is 5. The average Bonchev–Trinajstić information content (AvgIpc) is 2.88. The van der Waals surface area contributed by atoms with Crippen LogP contribution in [-0.4, -0.2) is 20.6 Å². The molecule has 0 spiro atoms. The summed E-state index contributed by atoms with van der Waals surface area (Å²) in [5, 5.41) is 13.8. The van der Waals surface area contributed by atoms with Crippen molar-refractivity contribution in [1.29, 1.82) is 0 Å². The van der Waals surface area contributed by atoms with Gasteiger partial charge in [0.15, 0.2) is 12.1 Å². The summed E-state index contributed by atoms with van der Waals surface area (Å²) in [6.07, 6.45) is -0.616. The highest BCUT2D eigenvalue weighted by Crippen LogP contribution is 2.40. The van der Waals surface area contributed by atoms with Crippen LogP contribution in [0.3, 0.4) is 0 Å². The minimum absolute atomic E-state index is 0.0803. The van der Waals surface area contributed by atoms with Gasteiger partial charge in [0.25, 0.3) is 0 Å². The van der Waals surface area contributed by atoms with Gasteiger partial charge in [0, 0.05) is 10.6 Å². The van der Waals surface area contributed by atoms with Gasteiger partial charge in [0.2, 0.25) is 5.95 Å². The summed E-state index contributed by atoms with van der Waals surface area (Å²) in [7, 11) is 0. The van der Waals surface area contributed by atoms with E-state index >= 15 is 0 Å². The second kappa shape index (κ2) is 5.04. The Hall–Kier alpha value is -2.44. The van der Waals surface area contributed by atoms with Gasteiger partial charge in [-0.15, -0.1) is 0 Å². The number of aromatic nitrogens is 2. The van der Waals surface area contributed by atoms with Crippen molar-refractivity contribution >= 4 is 46.1 Å². The van der Waals surface area contributed by atoms with Crippen LogP contribution in [0.4, 0.5) is 5.95 Å². The first-order chi connectivity index (χ1) is 11.0. The molecule has 0 aliphatic carbocycles. The van der Waals surface area contributed by atoms with Gasteiger partial charge in [0.05, 0.1) is 16.1 Å². The molecule has 2 aromatic carbocycles. The number of nitrogens with one attached hydrogen (secondary N) is 1. The maximum absolute atomic E-state index is 10.3. The molecule has 4 N–H and O–H groups in total. The van der Waals surface area contributed by atoms with Crippen molar-refractivity contribution in [2.45, 2.75) is 6.17 Å². The summed E-state index contributed by atoms with van der Waals surface area (Å²) in [4.78, 5) is 8.89. The third-order valence-corrected chi connectivity index (χ3v) is 4.18. The normalized spacial score (nSPS) is 16.8. The Morgan fingerprint density at radius 2 is 2.00 bits per heavy atom. The lowest BCUT2D eigenvalue weighted by Crippen LogP contribution is -2.31. The zero-order valence-corrected chi connectivity index (χ0v) is 13.2. The van der Waals surface area contributed by atoms with E-state index in [9.17, 15) is 5.11 Å². The summed E-state index contributed by atoms with van der Waals surface area (Å²) in [6.45, 7) is 0. The molecule has 116 valence electrons. The highest BCUT2D eigenvalue weighted by atomic mass is 35.5. The maximum atomic E-state index is 10.3. The molecule has 3 aromatic rings. The van der Waals surface area contributed by atoms with Crippen LogP contribution >= 0.6 is 23.2 Å².